The molecule has 0 saturated carbocycles. The molecule has 196 valence electrons. The maximum Gasteiger partial charge on any atom is 0.421 e. The number of Topliss-reactive ketones (excluding diaryl/α,β-unsaturated/α-hetero) is 1. The van der Waals surface area contributed by atoms with Crippen LogP contribution in [0.25, 0.3) is 11.3 Å². The standard InChI is InChI=1S/C30H38N4O3/c1-21(2)28(32-3)29(35)26(23-10-5-4-6-11-23)13-9-12-25(34(31)30(36)37)20-22-15-17-24(18-16-22)27-14-7-8-19-33-27/h4-8,10-11,14-19,21,25-26,28,32H,9,12-13,20,31H2,1-3H3,(H,36,37)/t25?,26?,28-/m0/s1. The van der Waals surface area contributed by atoms with Crippen molar-refractivity contribution >= 4 is 11.9 Å². The first-order valence-electron chi connectivity index (χ1n) is 12.8. The molecule has 3 rings (SSSR count). The zero-order valence-electron chi connectivity index (χ0n) is 21.9. The second-order valence-electron chi connectivity index (χ2n) is 9.77. The first kappa shape index (κ1) is 28.0. The van der Waals surface area contributed by atoms with Gasteiger partial charge in [0.1, 0.15) is 0 Å². The summed E-state index contributed by atoms with van der Waals surface area (Å²) in [6.07, 6.45) is 2.91. The minimum absolute atomic E-state index is 0.160. The third kappa shape index (κ3) is 7.71. The molecule has 2 unspecified atom stereocenters. The third-order valence-corrected chi connectivity index (χ3v) is 6.86. The van der Waals surface area contributed by atoms with Crippen molar-refractivity contribution in [1.29, 1.82) is 0 Å². The van der Waals surface area contributed by atoms with Crippen molar-refractivity contribution < 1.29 is 14.7 Å². The maximum atomic E-state index is 13.5. The summed E-state index contributed by atoms with van der Waals surface area (Å²) in [4.78, 5) is 29.6. The summed E-state index contributed by atoms with van der Waals surface area (Å²) < 4.78 is 0. The predicted octanol–water partition coefficient (Wildman–Crippen LogP) is 5.28. The van der Waals surface area contributed by atoms with Gasteiger partial charge in [0.25, 0.3) is 0 Å². The number of nitrogens with one attached hydrogen (secondary N) is 1. The lowest BCUT2D eigenvalue weighted by molar-refractivity contribution is -0.123. The van der Waals surface area contributed by atoms with E-state index in [1.54, 1.807) is 6.20 Å². The molecule has 7 heteroatoms. The van der Waals surface area contributed by atoms with E-state index in [0.29, 0.717) is 25.7 Å². The van der Waals surface area contributed by atoms with E-state index >= 15 is 0 Å². The fraction of sp³-hybridized carbons (Fsp3) is 0.367. The number of nitrogens with two attached hydrogens (primary N) is 1. The van der Waals surface area contributed by atoms with Crippen LogP contribution in [0.3, 0.4) is 0 Å². The van der Waals surface area contributed by atoms with Crippen molar-refractivity contribution in [3.8, 4) is 11.3 Å². The molecule has 0 saturated heterocycles. The highest BCUT2D eigenvalue weighted by Gasteiger charge is 2.30. The Labute approximate surface area is 219 Å². The van der Waals surface area contributed by atoms with Crippen LogP contribution in [0.2, 0.25) is 0 Å². The molecular weight excluding hydrogens is 464 g/mol. The molecule has 0 aliphatic rings. The van der Waals surface area contributed by atoms with E-state index in [-0.39, 0.29) is 23.7 Å². The number of carboxylic acid groups (broad SMARTS) is 1. The Bertz CT molecular complexity index is 1120. The van der Waals surface area contributed by atoms with Gasteiger partial charge in [-0.3, -0.25) is 9.78 Å². The number of carbonyl (C=O) groups excluding carboxylic acids is 1. The number of hydrogen-bond acceptors (Lipinski definition) is 5. The van der Waals surface area contributed by atoms with E-state index in [9.17, 15) is 14.7 Å². The Morgan fingerprint density at radius 1 is 0.973 bits per heavy atom. The highest BCUT2D eigenvalue weighted by Crippen LogP contribution is 2.28. The molecule has 0 fully saturated rings. The number of aromatic nitrogens is 1. The highest BCUT2D eigenvalue weighted by atomic mass is 16.4. The minimum Gasteiger partial charge on any atom is -0.464 e. The maximum absolute atomic E-state index is 13.5. The lowest BCUT2D eigenvalue weighted by Crippen LogP contribution is -2.46. The lowest BCUT2D eigenvalue weighted by atomic mass is 9.83. The third-order valence-electron chi connectivity index (χ3n) is 6.86. The van der Waals surface area contributed by atoms with Gasteiger partial charge in [-0.25, -0.2) is 15.6 Å². The molecule has 0 radical (unpaired) electrons. The number of pyridine rings is 1. The van der Waals surface area contributed by atoms with E-state index in [2.05, 4.69) is 10.3 Å². The van der Waals surface area contributed by atoms with Gasteiger partial charge in [0.15, 0.2) is 5.78 Å². The minimum atomic E-state index is -1.17. The fourth-order valence-electron chi connectivity index (χ4n) is 4.85. The Hall–Kier alpha value is -3.55. The van der Waals surface area contributed by atoms with Crippen LogP contribution in [0.4, 0.5) is 4.79 Å². The van der Waals surface area contributed by atoms with Crippen LogP contribution in [-0.4, -0.2) is 46.1 Å². The molecular formula is C30H38N4O3. The molecule has 0 bridgehead atoms. The van der Waals surface area contributed by atoms with Gasteiger partial charge < -0.3 is 10.4 Å². The Balaban J connectivity index is 1.72. The summed E-state index contributed by atoms with van der Waals surface area (Å²) in [7, 11) is 1.82. The number of nitrogens with zero attached hydrogens (tertiary/aromatic N) is 2. The quantitative estimate of drug-likeness (QED) is 0.167. The Morgan fingerprint density at radius 3 is 2.22 bits per heavy atom. The molecule has 7 nitrogen and oxygen atoms in total. The van der Waals surface area contributed by atoms with Gasteiger partial charge in [0.05, 0.1) is 17.8 Å². The SMILES string of the molecule is CN[C@H](C(=O)C(CCCC(Cc1ccc(-c2ccccn2)cc1)N(N)C(=O)O)c1ccccc1)C(C)C. The number of rotatable bonds is 13. The fourth-order valence-corrected chi connectivity index (χ4v) is 4.85. The van der Waals surface area contributed by atoms with Gasteiger partial charge in [0.2, 0.25) is 0 Å². The van der Waals surface area contributed by atoms with E-state index < -0.39 is 12.1 Å². The van der Waals surface area contributed by atoms with Gasteiger partial charge in [-0.1, -0.05) is 80.9 Å². The molecule has 0 spiro atoms. The highest BCUT2D eigenvalue weighted by molar-refractivity contribution is 5.90. The largest absolute Gasteiger partial charge is 0.464 e. The number of benzene rings is 2. The van der Waals surface area contributed by atoms with Crippen molar-refractivity contribution in [3.05, 3.63) is 90.1 Å². The molecule has 2 aromatic carbocycles. The van der Waals surface area contributed by atoms with Gasteiger partial charge in [0, 0.05) is 17.7 Å². The van der Waals surface area contributed by atoms with Crippen LogP contribution in [0.15, 0.2) is 79.0 Å². The average Bonchev–Trinajstić information content (AvgIpc) is 2.91. The second-order valence-corrected chi connectivity index (χ2v) is 9.77. The van der Waals surface area contributed by atoms with Crippen molar-refractivity contribution in [2.75, 3.05) is 7.05 Å². The number of amides is 1. The van der Waals surface area contributed by atoms with Gasteiger partial charge >= 0.3 is 6.09 Å². The van der Waals surface area contributed by atoms with Gasteiger partial charge in [-0.05, 0) is 55.5 Å². The summed E-state index contributed by atoms with van der Waals surface area (Å²) in [5.74, 6) is 6.03. The smallest absolute Gasteiger partial charge is 0.421 e. The number of hydrogen-bond donors (Lipinski definition) is 3. The zero-order valence-corrected chi connectivity index (χ0v) is 21.9. The van der Waals surface area contributed by atoms with Crippen molar-refractivity contribution in [2.24, 2.45) is 11.8 Å². The van der Waals surface area contributed by atoms with E-state index in [4.69, 9.17) is 5.84 Å². The molecule has 3 aromatic rings. The van der Waals surface area contributed by atoms with Crippen LogP contribution in [-0.2, 0) is 11.2 Å². The Kier molecular flexibility index (Phi) is 10.4. The summed E-state index contributed by atoms with van der Waals surface area (Å²) in [5, 5.41) is 13.7. The van der Waals surface area contributed by atoms with E-state index in [0.717, 1.165) is 27.4 Å². The summed E-state index contributed by atoms with van der Waals surface area (Å²) >= 11 is 0. The monoisotopic (exact) mass is 502 g/mol. The van der Waals surface area contributed by atoms with Crippen molar-refractivity contribution in [3.63, 3.8) is 0 Å². The molecule has 1 amide bonds. The second kappa shape index (κ2) is 13.7. The van der Waals surface area contributed by atoms with Crippen LogP contribution in [0.1, 0.15) is 50.2 Å². The first-order valence-corrected chi connectivity index (χ1v) is 12.8. The molecule has 37 heavy (non-hydrogen) atoms. The van der Waals surface area contributed by atoms with Crippen LogP contribution in [0.5, 0.6) is 0 Å². The summed E-state index contributed by atoms with van der Waals surface area (Å²) in [5.41, 5.74) is 3.86. The predicted molar refractivity (Wildman–Crippen MR) is 147 cm³/mol. The average molecular weight is 503 g/mol. The molecule has 0 aliphatic carbocycles. The first-order chi connectivity index (χ1) is 17.8. The lowest BCUT2D eigenvalue weighted by Gasteiger charge is -2.28. The zero-order chi connectivity index (χ0) is 26.8. The number of ketones is 1. The van der Waals surface area contributed by atoms with Crippen LogP contribution in [0, 0.1) is 5.92 Å². The molecule has 3 atom stereocenters. The normalized spacial score (nSPS) is 13.6. The molecule has 4 N–H and O–H groups in total. The Morgan fingerprint density at radius 2 is 1.65 bits per heavy atom. The van der Waals surface area contributed by atoms with Crippen LogP contribution < -0.4 is 11.2 Å². The number of hydrazine groups is 1. The number of likely N-dealkylation sites (N-methyl/N-ethyl adjacent to an activating group) is 1. The molecule has 0 aliphatic heterocycles. The van der Waals surface area contributed by atoms with E-state index in [1.165, 1.54) is 0 Å². The van der Waals surface area contributed by atoms with Gasteiger partial charge in [-0.2, -0.15) is 0 Å². The molecule has 1 aromatic heterocycles. The van der Waals surface area contributed by atoms with E-state index in [1.807, 2.05) is 93.7 Å². The van der Waals surface area contributed by atoms with Crippen molar-refractivity contribution in [2.45, 2.75) is 57.5 Å². The summed E-state index contributed by atoms with van der Waals surface area (Å²) in [6, 6.07) is 22.9. The topological polar surface area (TPSA) is 109 Å². The van der Waals surface area contributed by atoms with Gasteiger partial charge in [-0.15, -0.1) is 0 Å². The number of carbonyl (C=O) groups is 2. The summed E-state index contributed by atoms with van der Waals surface area (Å²) in [6.45, 7) is 4.07. The van der Waals surface area contributed by atoms with Crippen molar-refractivity contribution in [1.82, 2.24) is 15.3 Å². The van der Waals surface area contributed by atoms with Crippen LogP contribution >= 0.6 is 0 Å². The molecule has 1 heterocycles.